The van der Waals surface area contributed by atoms with Crippen molar-refractivity contribution in [1.29, 1.82) is 0 Å². The van der Waals surface area contributed by atoms with Crippen molar-refractivity contribution in [3.8, 4) is 5.69 Å². The minimum Gasteiger partial charge on any atom is -0.361 e. The van der Waals surface area contributed by atoms with Gasteiger partial charge >= 0.3 is 0 Å². The first-order valence-electron chi connectivity index (χ1n) is 8.95. The zero-order chi connectivity index (χ0) is 19.1. The molecule has 0 spiro atoms. The zero-order valence-electron chi connectivity index (χ0n) is 15.9. The standard InChI is InChI=1S/C20H21N5O2/c1-5-18-21-19(10-15-12(2)23-27-13(15)3)25(22-18)17-11-20(26)24(4)16-9-7-6-8-14(16)17/h6-9,11H,5,10H2,1-4H3. The van der Waals surface area contributed by atoms with Gasteiger partial charge in [-0.25, -0.2) is 9.67 Å². The van der Waals surface area contributed by atoms with E-state index in [4.69, 9.17) is 9.51 Å². The predicted molar refractivity (Wildman–Crippen MR) is 102 cm³/mol. The third-order valence-electron chi connectivity index (χ3n) is 4.91. The van der Waals surface area contributed by atoms with Crippen molar-refractivity contribution in [2.24, 2.45) is 7.05 Å². The smallest absolute Gasteiger partial charge is 0.252 e. The Morgan fingerprint density at radius 1 is 1.19 bits per heavy atom. The van der Waals surface area contributed by atoms with Crippen LogP contribution in [0.3, 0.4) is 0 Å². The van der Waals surface area contributed by atoms with Crippen LogP contribution < -0.4 is 5.56 Å². The average Bonchev–Trinajstić information content (AvgIpc) is 3.23. The molecule has 0 N–H and O–H groups in total. The van der Waals surface area contributed by atoms with Crippen LogP contribution in [0.5, 0.6) is 0 Å². The maximum atomic E-state index is 12.5. The normalized spacial score (nSPS) is 11.4. The highest BCUT2D eigenvalue weighted by molar-refractivity contribution is 5.87. The summed E-state index contributed by atoms with van der Waals surface area (Å²) in [6, 6.07) is 9.44. The summed E-state index contributed by atoms with van der Waals surface area (Å²) in [5.41, 5.74) is 3.36. The summed E-state index contributed by atoms with van der Waals surface area (Å²) < 4.78 is 8.72. The number of nitrogens with zero attached hydrogens (tertiary/aromatic N) is 5. The molecule has 1 aromatic carbocycles. The lowest BCUT2D eigenvalue weighted by atomic mass is 10.1. The van der Waals surface area contributed by atoms with E-state index < -0.39 is 0 Å². The number of para-hydroxylation sites is 1. The fourth-order valence-corrected chi connectivity index (χ4v) is 3.33. The molecular formula is C20H21N5O2. The number of rotatable bonds is 4. The van der Waals surface area contributed by atoms with E-state index in [-0.39, 0.29) is 5.56 Å². The van der Waals surface area contributed by atoms with Crippen LogP contribution in [0, 0.1) is 13.8 Å². The highest BCUT2D eigenvalue weighted by Gasteiger charge is 2.19. The van der Waals surface area contributed by atoms with Crippen molar-refractivity contribution < 1.29 is 4.52 Å². The van der Waals surface area contributed by atoms with Gasteiger partial charge in [0.2, 0.25) is 0 Å². The first-order chi connectivity index (χ1) is 13.0. The predicted octanol–water partition coefficient (Wildman–Crippen LogP) is 2.88. The van der Waals surface area contributed by atoms with Crippen LogP contribution in [0.15, 0.2) is 39.6 Å². The lowest BCUT2D eigenvalue weighted by Gasteiger charge is -2.12. The van der Waals surface area contributed by atoms with Crippen molar-refractivity contribution in [1.82, 2.24) is 24.5 Å². The molecule has 0 unspecified atom stereocenters. The Morgan fingerprint density at radius 2 is 1.96 bits per heavy atom. The van der Waals surface area contributed by atoms with Crippen molar-refractivity contribution >= 4 is 10.9 Å². The third-order valence-corrected chi connectivity index (χ3v) is 4.91. The molecule has 27 heavy (non-hydrogen) atoms. The molecule has 0 atom stereocenters. The van der Waals surface area contributed by atoms with E-state index in [9.17, 15) is 4.79 Å². The van der Waals surface area contributed by atoms with Crippen LogP contribution in [0.4, 0.5) is 0 Å². The second-order valence-corrected chi connectivity index (χ2v) is 6.63. The molecule has 0 aliphatic heterocycles. The van der Waals surface area contributed by atoms with Gasteiger partial charge < -0.3 is 9.09 Å². The van der Waals surface area contributed by atoms with Crippen LogP contribution in [0.1, 0.15) is 35.6 Å². The maximum absolute atomic E-state index is 12.5. The molecule has 0 bridgehead atoms. The zero-order valence-corrected chi connectivity index (χ0v) is 15.9. The fraction of sp³-hybridized carbons (Fsp3) is 0.300. The van der Waals surface area contributed by atoms with Gasteiger partial charge in [-0.2, -0.15) is 5.10 Å². The van der Waals surface area contributed by atoms with Gasteiger partial charge in [-0.3, -0.25) is 4.79 Å². The van der Waals surface area contributed by atoms with Gasteiger partial charge in [0.25, 0.3) is 5.56 Å². The van der Waals surface area contributed by atoms with Gasteiger partial charge in [0, 0.05) is 36.9 Å². The summed E-state index contributed by atoms with van der Waals surface area (Å²) in [5, 5.41) is 9.65. The fourth-order valence-electron chi connectivity index (χ4n) is 3.33. The highest BCUT2D eigenvalue weighted by atomic mass is 16.5. The summed E-state index contributed by atoms with van der Waals surface area (Å²) in [4.78, 5) is 17.2. The van der Waals surface area contributed by atoms with Crippen molar-refractivity contribution in [3.63, 3.8) is 0 Å². The number of pyridine rings is 1. The van der Waals surface area contributed by atoms with Crippen LogP contribution in [0.2, 0.25) is 0 Å². The number of benzene rings is 1. The van der Waals surface area contributed by atoms with Crippen LogP contribution in [-0.4, -0.2) is 24.5 Å². The van der Waals surface area contributed by atoms with E-state index in [0.29, 0.717) is 12.8 Å². The molecule has 7 heteroatoms. The van der Waals surface area contributed by atoms with E-state index in [1.54, 1.807) is 22.4 Å². The van der Waals surface area contributed by atoms with Crippen LogP contribution >= 0.6 is 0 Å². The summed E-state index contributed by atoms with van der Waals surface area (Å²) in [5.74, 6) is 2.27. The average molecular weight is 363 g/mol. The Morgan fingerprint density at radius 3 is 2.67 bits per heavy atom. The molecule has 3 heterocycles. The van der Waals surface area contributed by atoms with Gasteiger partial charge in [-0.05, 0) is 19.9 Å². The van der Waals surface area contributed by atoms with Gasteiger partial charge in [0.1, 0.15) is 11.6 Å². The quantitative estimate of drug-likeness (QED) is 0.557. The Labute approximate surface area is 156 Å². The van der Waals surface area contributed by atoms with Crippen molar-refractivity contribution in [3.05, 3.63) is 69.4 Å². The SMILES string of the molecule is CCc1nc(Cc2c(C)noc2C)n(-c2cc(=O)n(C)c3ccccc23)n1. The van der Waals surface area contributed by atoms with Gasteiger partial charge in [-0.1, -0.05) is 30.3 Å². The first-order valence-corrected chi connectivity index (χ1v) is 8.95. The maximum Gasteiger partial charge on any atom is 0.252 e. The highest BCUT2D eigenvalue weighted by Crippen LogP contribution is 2.23. The van der Waals surface area contributed by atoms with E-state index >= 15 is 0 Å². The molecule has 0 radical (unpaired) electrons. The van der Waals surface area contributed by atoms with Gasteiger partial charge in [-0.15, -0.1) is 0 Å². The summed E-state index contributed by atoms with van der Waals surface area (Å²) in [7, 11) is 1.78. The molecule has 3 aromatic heterocycles. The lowest BCUT2D eigenvalue weighted by Crippen LogP contribution is -2.19. The summed E-state index contributed by atoms with van der Waals surface area (Å²) in [6.45, 7) is 5.83. The number of fused-ring (bicyclic) bond motifs is 1. The second kappa shape index (κ2) is 6.50. The minimum absolute atomic E-state index is 0.0828. The minimum atomic E-state index is -0.0828. The number of hydrogen-bond acceptors (Lipinski definition) is 5. The molecule has 0 aliphatic rings. The summed E-state index contributed by atoms with van der Waals surface area (Å²) in [6.07, 6.45) is 1.25. The van der Waals surface area contributed by atoms with Crippen molar-refractivity contribution in [2.45, 2.75) is 33.6 Å². The molecule has 4 rings (SSSR count). The van der Waals surface area contributed by atoms with E-state index in [1.165, 1.54) is 0 Å². The Bertz CT molecular complexity index is 1180. The lowest BCUT2D eigenvalue weighted by molar-refractivity contribution is 0.392. The van der Waals surface area contributed by atoms with Gasteiger partial charge in [0.05, 0.1) is 16.9 Å². The number of hydrogen-bond donors (Lipinski definition) is 0. The van der Waals surface area contributed by atoms with E-state index in [0.717, 1.165) is 45.3 Å². The Balaban J connectivity index is 1.95. The van der Waals surface area contributed by atoms with Crippen LogP contribution in [-0.2, 0) is 19.9 Å². The Hall–Kier alpha value is -3.22. The molecule has 0 saturated carbocycles. The molecule has 7 nitrogen and oxygen atoms in total. The molecule has 0 amide bonds. The van der Waals surface area contributed by atoms with Crippen molar-refractivity contribution in [2.75, 3.05) is 0 Å². The van der Waals surface area contributed by atoms with E-state index in [2.05, 4.69) is 10.3 Å². The second-order valence-electron chi connectivity index (χ2n) is 6.63. The first kappa shape index (κ1) is 17.2. The largest absolute Gasteiger partial charge is 0.361 e. The molecule has 4 aromatic rings. The van der Waals surface area contributed by atoms with E-state index in [1.807, 2.05) is 45.0 Å². The third kappa shape index (κ3) is 2.85. The molecular weight excluding hydrogens is 342 g/mol. The monoisotopic (exact) mass is 363 g/mol. The topological polar surface area (TPSA) is 78.7 Å². The molecule has 0 saturated heterocycles. The van der Waals surface area contributed by atoms with Gasteiger partial charge in [0.15, 0.2) is 5.82 Å². The molecule has 0 fully saturated rings. The number of aryl methyl sites for hydroxylation is 4. The molecule has 138 valence electrons. The van der Waals surface area contributed by atoms with Crippen LogP contribution in [0.25, 0.3) is 16.6 Å². The molecule has 0 aliphatic carbocycles. The number of aromatic nitrogens is 5. The Kier molecular flexibility index (Phi) is 4.14. The summed E-state index contributed by atoms with van der Waals surface area (Å²) >= 11 is 0.